The third-order valence-corrected chi connectivity index (χ3v) is 3.97. The highest BCUT2D eigenvalue weighted by atomic mass is 35.5. The van der Waals surface area contributed by atoms with Gasteiger partial charge in [-0.2, -0.15) is 43.9 Å². The zero-order valence-electron chi connectivity index (χ0n) is 11.3. The summed E-state index contributed by atoms with van der Waals surface area (Å²) in [4.78, 5) is -1.10. The summed E-state index contributed by atoms with van der Waals surface area (Å²) in [6, 6.07) is -0.495. The number of halogens is 12. The number of benzene rings is 1. The monoisotopic (exact) mass is 427 g/mol. The average molecular weight is 428 g/mol. The third kappa shape index (κ3) is 3.71. The Labute approximate surface area is 141 Å². The molecular weight excluding hydrogens is 423 g/mol. The standard InChI is InChI=1S/C11H5ClF11NS/c12-4-1-3(2-5(6(4)24)25-7(13)14)8(15,10(18,19)20)9(16,17)11(21,22)23/h1-2,7H,24H2. The molecule has 0 aromatic heterocycles. The summed E-state index contributed by atoms with van der Waals surface area (Å²) in [7, 11) is 0. The van der Waals surface area contributed by atoms with Crippen LogP contribution in [0.15, 0.2) is 17.0 Å². The first kappa shape index (κ1) is 21.9. The van der Waals surface area contributed by atoms with E-state index in [1.54, 1.807) is 0 Å². The predicted molar refractivity (Wildman–Crippen MR) is 67.6 cm³/mol. The highest BCUT2D eigenvalue weighted by Gasteiger charge is 2.81. The lowest BCUT2D eigenvalue weighted by molar-refractivity contribution is -0.389. The van der Waals surface area contributed by atoms with Crippen molar-refractivity contribution in [3.63, 3.8) is 0 Å². The van der Waals surface area contributed by atoms with E-state index < -0.39 is 62.6 Å². The van der Waals surface area contributed by atoms with Crippen molar-refractivity contribution in [3.05, 3.63) is 22.7 Å². The fourth-order valence-corrected chi connectivity index (χ4v) is 2.60. The number of nitrogen functional groups attached to an aromatic ring is 1. The lowest BCUT2D eigenvalue weighted by Gasteiger charge is -2.36. The first-order valence-electron chi connectivity index (χ1n) is 5.71. The molecule has 1 aromatic carbocycles. The van der Waals surface area contributed by atoms with Crippen molar-refractivity contribution in [2.24, 2.45) is 0 Å². The summed E-state index contributed by atoms with van der Waals surface area (Å²) in [5.74, 6) is -10.3. The molecule has 0 aliphatic carbocycles. The van der Waals surface area contributed by atoms with Crippen LogP contribution < -0.4 is 5.73 Å². The number of rotatable bonds is 4. The normalized spacial score (nSPS) is 16.2. The van der Waals surface area contributed by atoms with Crippen molar-refractivity contribution in [2.75, 3.05) is 5.73 Å². The molecule has 25 heavy (non-hydrogen) atoms. The van der Waals surface area contributed by atoms with Crippen LogP contribution in [0.25, 0.3) is 0 Å². The highest BCUT2D eigenvalue weighted by Crippen LogP contribution is 2.59. The zero-order chi connectivity index (χ0) is 20.0. The molecule has 14 heteroatoms. The van der Waals surface area contributed by atoms with E-state index in [-0.39, 0.29) is 12.1 Å². The Morgan fingerprint density at radius 3 is 1.72 bits per heavy atom. The molecule has 0 saturated carbocycles. The number of thioether (sulfide) groups is 1. The van der Waals surface area contributed by atoms with Crippen LogP contribution in [0.1, 0.15) is 5.56 Å². The predicted octanol–water partition coefficient (Wildman–Crippen LogP) is 6.16. The van der Waals surface area contributed by atoms with E-state index in [1.807, 2.05) is 0 Å². The van der Waals surface area contributed by atoms with Crippen molar-refractivity contribution in [2.45, 2.75) is 34.6 Å². The maximum absolute atomic E-state index is 14.2. The van der Waals surface area contributed by atoms with Crippen LogP contribution in [-0.4, -0.2) is 24.0 Å². The summed E-state index contributed by atoms with van der Waals surface area (Å²) < 4.78 is 141. The van der Waals surface area contributed by atoms with Gasteiger partial charge in [-0.05, 0) is 12.1 Å². The van der Waals surface area contributed by atoms with Gasteiger partial charge in [0.05, 0.1) is 10.7 Å². The average Bonchev–Trinajstić information content (AvgIpc) is 2.39. The van der Waals surface area contributed by atoms with Crippen LogP contribution in [0.3, 0.4) is 0 Å². The van der Waals surface area contributed by atoms with E-state index in [4.69, 9.17) is 17.3 Å². The molecule has 1 rings (SSSR count). The fraction of sp³-hybridized carbons (Fsp3) is 0.455. The van der Waals surface area contributed by atoms with Gasteiger partial charge in [0.1, 0.15) is 0 Å². The lowest BCUT2D eigenvalue weighted by Crippen LogP contribution is -2.59. The highest BCUT2D eigenvalue weighted by molar-refractivity contribution is 7.99. The first-order chi connectivity index (χ1) is 11.0. The van der Waals surface area contributed by atoms with E-state index in [0.29, 0.717) is 0 Å². The van der Waals surface area contributed by atoms with Crippen LogP contribution >= 0.6 is 23.4 Å². The minimum absolute atomic E-state index is 0.223. The van der Waals surface area contributed by atoms with E-state index in [2.05, 4.69) is 0 Å². The molecule has 0 aliphatic heterocycles. The Kier molecular flexibility index (Phi) is 5.75. The quantitative estimate of drug-likeness (QED) is 0.354. The number of alkyl halides is 11. The largest absolute Gasteiger partial charge is 0.457 e. The second-order valence-electron chi connectivity index (χ2n) is 4.48. The summed E-state index contributed by atoms with van der Waals surface area (Å²) in [6.07, 6.45) is -13.7. The molecule has 1 atom stereocenters. The van der Waals surface area contributed by atoms with Crippen LogP contribution in [0, 0.1) is 0 Å². The van der Waals surface area contributed by atoms with E-state index in [1.165, 1.54) is 0 Å². The molecule has 0 heterocycles. The molecule has 144 valence electrons. The lowest BCUT2D eigenvalue weighted by atomic mass is 9.87. The topological polar surface area (TPSA) is 26.0 Å². The fourth-order valence-electron chi connectivity index (χ4n) is 1.70. The van der Waals surface area contributed by atoms with E-state index >= 15 is 0 Å². The van der Waals surface area contributed by atoms with E-state index in [0.717, 1.165) is 0 Å². The molecule has 0 bridgehead atoms. The smallest absolute Gasteiger partial charge is 0.397 e. The summed E-state index contributed by atoms with van der Waals surface area (Å²) in [6.45, 7) is 0. The molecule has 0 amide bonds. The molecule has 1 unspecified atom stereocenters. The van der Waals surface area contributed by atoms with Crippen LogP contribution in [0.4, 0.5) is 54.0 Å². The maximum Gasteiger partial charge on any atom is 0.457 e. The minimum atomic E-state index is -6.94. The van der Waals surface area contributed by atoms with Crippen molar-refractivity contribution >= 4 is 29.1 Å². The summed E-state index contributed by atoms with van der Waals surface area (Å²) >= 11 is 4.67. The Morgan fingerprint density at radius 2 is 1.36 bits per heavy atom. The molecule has 0 spiro atoms. The van der Waals surface area contributed by atoms with Crippen LogP contribution in [0.2, 0.25) is 5.02 Å². The second kappa shape index (κ2) is 6.56. The Balaban J connectivity index is 3.78. The molecule has 0 aliphatic rings. The van der Waals surface area contributed by atoms with Gasteiger partial charge in [0.2, 0.25) is 0 Å². The summed E-state index contributed by atoms with van der Waals surface area (Å²) in [5, 5.41) is -1.11. The van der Waals surface area contributed by atoms with E-state index in [9.17, 15) is 48.3 Å². The van der Waals surface area contributed by atoms with Gasteiger partial charge in [-0.3, -0.25) is 0 Å². The zero-order valence-corrected chi connectivity index (χ0v) is 12.8. The van der Waals surface area contributed by atoms with Gasteiger partial charge in [-0.25, -0.2) is 4.39 Å². The molecule has 2 N–H and O–H groups in total. The van der Waals surface area contributed by atoms with Crippen molar-refractivity contribution < 1.29 is 48.3 Å². The van der Waals surface area contributed by atoms with Crippen molar-refractivity contribution in [1.29, 1.82) is 0 Å². The second-order valence-corrected chi connectivity index (χ2v) is 5.92. The first-order valence-corrected chi connectivity index (χ1v) is 6.97. The molecule has 1 nitrogen and oxygen atoms in total. The molecule has 1 aromatic rings. The molecule has 0 saturated heterocycles. The van der Waals surface area contributed by atoms with Gasteiger partial charge in [-0.1, -0.05) is 23.4 Å². The van der Waals surface area contributed by atoms with Gasteiger partial charge in [0.25, 0.3) is 5.76 Å². The van der Waals surface area contributed by atoms with Crippen molar-refractivity contribution in [3.8, 4) is 0 Å². The third-order valence-electron chi connectivity index (χ3n) is 2.88. The molecular formula is C11H5ClF11NS. The number of anilines is 1. The van der Waals surface area contributed by atoms with Crippen LogP contribution in [-0.2, 0) is 5.67 Å². The molecule has 0 radical (unpaired) electrons. The molecule has 0 fully saturated rings. The van der Waals surface area contributed by atoms with Gasteiger partial charge < -0.3 is 5.73 Å². The minimum Gasteiger partial charge on any atom is -0.397 e. The number of hydrogen-bond donors (Lipinski definition) is 1. The van der Waals surface area contributed by atoms with Crippen molar-refractivity contribution in [1.82, 2.24) is 0 Å². The Bertz CT molecular complexity index is 642. The SMILES string of the molecule is Nc1c(Cl)cc(C(F)(C(F)(F)F)C(F)(F)C(F)(F)F)cc1SC(F)F. The van der Waals surface area contributed by atoms with Gasteiger partial charge >= 0.3 is 23.9 Å². The van der Waals surface area contributed by atoms with Gasteiger partial charge in [-0.15, -0.1) is 0 Å². The van der Waals surface area contributed by atoms with Gasteiger partial charge in [0.15, 0.2) is 0 Å². The number of hydrogen-bond acceptors (Lipinski definition) is 2. The van der Waals surface area contributed by atoms with Gasteiger partial charge in [0, 0.05) is 10.5 Å². The Hall–Kier alpha value is -1.11. The number of nitrogens with two attached hydrogens (primary N) is 1. The summed E-state index contributed by atoms with van der Waals surface area (Å²) in [5.41, 5.74) is -4.29. The van der Waals surface area contributed by atoms with Crippen LogP contribution in [0.5, 0.6) is 0 Å². The Morgan fingerprint density at radius 1 is 0.880 bits per heavy atom. The maximum atomic E-state index is 14.2.